The van der Waals surface area contributed by atoms with Gasteiger partial charge in [-0.05, 0) is 24.3 Å². The Balaban J connectivity index is 2.57. The Morgan fingerprint density at radius 3 is 1.58 bits per heavy atom. The molecular formula is C13H12N6O5. The largest absolute Gasteiger partial charge is 0.478 e. The molecule has 0 atom stereocenters. The van der Waals surface area contributed by atoms with Crippen molar-refractivity contribution in [1.29, 1.82) is 0 Å². The molecule has 0 radical (unpaired) electrons. The van der Waals surface area contributed by atoms with Crippen molar-refractivity contribution in [2.24, 2.45) is 5.84 Å². The average molecular weight is 332 g/mol. The minimum atomic E-state index is -1.64. The first-order valence-electron chi connectivity index (χ1n) is 6.51. The summed E-state index contributed by atoms with van der Waals surface area (Å²) in [7, 11) is 0. The van der Waals surface area contributed by atoms with Crippen LogP contribution in [-0.2, 0) is 0 Å². The first-order chi connectivity index (χ1) is 11.4. The van der Waals surface area contributed by atoms with Crippen molar-refractivity contribution < 1.29 is 14.9 Å². The van der Waals surface area contributed by atoms with Crippen LogP contribution >= 0.6 is 0 Å². The molecule has 124 valence electrons. The molecular weight excluding hydrogens is 320 g/mol. The third-order valence-electron chi connectivity index (χ3n) is 2.89. The molecule has 0 saturated heterocycles. The van der Waals surface area contributed by atoms with Crippen LogP contribution in [0.1, 0.15) is 0 Å². The molecule has 2 N–H and O–H groups in total. The van der Waals surface area contributed by atoms with Crippen LogP contribution in [0.25, 0.3) is 0 Å². The summed E-state index contributed by atoms with van der Waals surface area (Å²) in [6.45, 7) is 0. The molecule has 0 fully saturated rings. The number of hydrazine groups is 4. The van der Waals surface area contributed by atoms with E-state index in [4.69, 9.17) is 5.84 Å². The van der Waals surface area contributed by atoms with Gasteiger partial charge in [0, 0.05) is 5.12 Å². The summed E-state index contributed by atoms with van der Waals surface area (Å²) in [5.74, 6) is 5.00. The lowest BCUT2D eigenvalue weighted by Gasteiger charge is -2.27. The van der Waals surface area contributed by atoms with E-state index in [1.54, 1.807) is 36.4 Å². The van der Waals surface area contributed by atoms with E-state index in [1.807, 2.05) is 0 Å². The number of urea groups is 1. The Hall–Kier alpha value is -3.73. The number of nitrogens with two attached hydrogens (primary N) is 1. The molecule has 0 aliphatic carbocycles. The fourth-order valence-corrected chi connectivity index (χ4v) is 1.90. The van der Waals surface area contributed by atoms with Gasteiger partial charge in [-0.25, -0.2) is 25.0 Å². The third kappa shape index (κ3) is 3.36. The van der Waals surface area contributed by atoms with Crippen LogP contribution in [-0.4, -0.2) is 26.3 Å². The van der Waals surface area contributed by atoms with Crippen molar-refractivity contribution in [3.05, 3.63) is 80.9 Å². The number of anilines is 2. The summed E-state index contributed by atoms with van der Waals surface area (Å²) < 4.78 is 0. The van der Waals surface area contributed by atoms with E-state index in [0.29, 0.717) is 0 Å². The molecule has 0 aliphatic rings. The Kier molecular flexibility index (Phi) is 4.87. The molecule has 0 heterocycles. The zero-order chi connectivity index (χ0) is 17.7. The van der Waals surface area contributed by atoms with Gasteiger partial charge in [0.15, 0.2) is 10.1 Å². The predicted molar refractivity (Wildman–Crippen MR) is 82.3 cm³/mol. The molecule has 0 aliphatic heterocycles. The highest BCUT2D eigenvalue weighted by molar-refractivity contribution is 5.77. The van der Waals surface area contributed by atoms with E-state index in [9.17, 15) is 25.0 Å². The van der Waals surface area contributed by atoms with Gasteiger partial charge in [-0.1, -0.05) is 36.4 Å². The number of hydrogen-bond donors (Lipinski definition) is 1. The van der Waals surface area contributed by atoms with E-state index in [2.05, 4.69) is 0 Å². The van der Waals surface area contributed by atoms with E-state index < -0.39 is 21.2 Å². The van der Waals surface area contributed by atoms with E-state index >= 15 is 0 Å². The van der Waals surface area contributed by atoms with Gasteiger partial charge in [-0.2, -0.15) is 10.9 Å². The molecule has 2 amide bonds. The zero-order valence-corrected chi connectivity index (χ0v) is 12.1. The van der Waals surface area contributed by atoms with Gasteiger partial charge in [0.1, 0.15) is 0 Å². The van der Waals surface area contributed by atoms with E-state index in [0.717, 1.165) is 5.01 Å². The van der Waals surface area contributed by atoms with Crippen LogP contribution in [0.4, 0.5) is 16.2 Å². The Labute approximate surface area is 135 Å². The van der Waals surface area contributed by atoms with Crippen LogP contribution in [0, 0.1) is 20.2 Å². The predicted octanol–water partition coefficient (Wildman–Crippen LogP) is 1.72. The maximum absolute atomic E-state index is 12.1. The molecule has 0 unspecified atom stereocenters. The lowest BCUT2D eigenvalue weighted by molar-refractivity contribution is -0.669. The first kappa shape index (κ1) is 16.6. The molecule has 2 rings (SSSR count). The van der Waals surface area contributed by atoms with Crippen LogP contribution in [0.2, 0.25) is 0 Å². The van der Waals surface area contributed by atoms with Crippen molar-refractivity contribution >= 4 is 17.4 Å². The molecule has 11 heteroatoms. The Morgan fingerprint density at radius 2 is 1.25 bits per heavy atom. The van der Waals surface area contributed by atoms with Crippen molar-refractivity contribution in [1.82, 2.24) is 10.2 Å². The number of nitrogens with zero attached hydrogens (tertiary/aromatic N) is 5. The standard InChI is InChI=1S/C13H12N6O5/c14-16(18(21)22)13(20)17(19(23)24)15(11-7-3-1-4-8-11)12-9-5-2-6-10-12/h1-10H,14H2. The van der Waals surface area contributed by atoms with Crippen LogP contribution in [0.5, 0.6) is 0 Å². The van der Waals surface area contributed by atoms with Crippen LogP contribution in [0.3, 0.4) is 0 Å². The second-order valence-corrected chi connectivity index (χ2v) is 4.38. The second-order valence-electron chi connectivity index (χ2n) is 4.38. The van der Waals surface area contributed by atoms with Gasteiger partial charge >= 0.3 is 6.03 Å². The molecule has 2 aromatic carbocycles. The summed E-state index contributed by atoms with van der Waals surface area (Å²) in [5, 5.41) is 20.2. The van der Waals surface area contributed by atoms with E-state index in [1.165, 1.54) is 24.3 Å². The minimum absolute atomic E-state index is 0.0343. The number of amides is 2. The topological polar surface area (TPSA) is 139 Å². The smallest absolute Gasteiger partial charge is 0.233 e. The Morgan fingerprint density at radius 1 is 0.833 bits per heavy atom. The van der Waals surface area contributed by atoms with Crippen LogP contribution in [0.15, 0.2) is 60.7 Å². The number of carbonyl (C=O) groups is 1. The minimum Gasteiger partial charge on any atom is -0.233 e. The highest BCUT2D eigenvalue weighted by Gasteiger charge is 2.41. The molecule has 0 aromatic heterocycles. The number of benzene rings is 2. The quantitative estimate of drug-likeness (QED) is 0.380. The fraction of sp³-hybridized carbons (Fsp3) is 0. The molecule has 0 saturated carbocycles. The lowest BCUT2D eigenvalue weighted by atomic mass is 10.2. The monoisotopic (exact) mass is 332 g/mol. The number of hydrogen-bond acceptors (Lipinski definition) is 7. The van der Waals surface area contributed by atoms with Crippen molar-refractivity contribution in [2.45, 2.75) is 0 Å². The number of nitro groups is 2. The zero-order valence-electron chi connectivity index (χ0n) is 12.1. The molecule has 11 nitrogen and oxygen atoms in total. The maximum atomic E-state index is 12.1. The Bertz CT molecular complexity index is 702. The number of rotatable bonds is 5. The third-order valence-corrected chi connectivity index (χ3v) is 2.89. The summed E-state index contributed by atoms with van der Waals surface area (Å²) in [4.78, 5) is 34.2. The highest BCUT2D eigenvalue weighted by atomic mass is 16.7. The second kappa shape index (κ2) is 7.02. The molecule has 2 aromatic rings. The van der Waals surface area contributed by atoms with Crippen LogP contribution < -0.4 is 10.9 Å². The van der Waals surface area contributed by atoms with Crippen molar-refractivity contribution in [2.75, 3.05) is 5.01 Å². The normalized spacial score (nSPS) is 9.88. The summed E-state index contributed by atoms with van der Waals surface area (Å²) in [6.07, 6.45) is 0. The maximum Gasteiger partial charge on any atom is 0.478 e. The summed E-state index contributed by atoms with van der Waals surface area (Å²) >= 11 is 0. The van der Waals surface area contributed by atoms with Gasteiger partial charge in [-0.15, -0.1) is 0 Å². The number of para-hydroxylation sites is 2. The van der Waals surface area contributed by atoms with Gasteiger partial charge in [0.05, 0.1) is 16.5 Å². The summed E-state index contributed by atoms with van der Waals surface area (Å²) in [6, 6.07) is 14.1. The fourth-order valence-electron chi connectivity index (χ4n) is 1.90. The number of carbonyl (C=O) groups excluding carboxylic acids is 1. The molecule has 24 heavy (non-hydrogen) atoms. The van der Waals surface area contributed by atoms with Gasteiger partial charge in [0.2, 0.25) is 0 Å². The highest BCUT2D eigenvalue weighted by Crippen LogP contribution is 2.27. The van der Waals surface area contributed by atoms with Gasteiger partial charge < -0.3 is 0 Å². The van der Waals surface area contributed by atoms with Gasteiger partial charge in [0.25, 0.3) is 0 Å². The lowest BCUT2D eigenvalue weighted by Crippen LogP contribution is -2.57. The molecule has 0 spiro atoms. The average Bonchev–Trinajstić information content (AvgIpc) is 2.59. The van der Waals surface area contributed by atoms with E-state index in [-0.39, 0.29) is 16.5 Å². The first-order valence-corrected chi connectivity index (χ1v) is 6.51. The van der Waals surface area contributed by atoms with Crippen molar-refractivity contribution in [3.63, 3.8) is 0 Å². The van der Waals surface area contributed by atoms with Crippen molar-refractivity contribution in [3.8, 4) is 0 Å². The molecule has 0 bridgehead atoms. The SMILES string of the molecule is NN(C(=O)N(N(c1ccccc1)c1ccccc1)[N+](=O)[O-])[N+](=O)[O-]. The summed E-state index contributed by atoms with van der Waals surface area (Å²) in [5.41, 5.74) is 0.482. The van der Waals surface area contributed by atoms with Gasteiger partial charge in [-0.3, -0.25) is 0 Å².